The van der Waals surface area contributed by atoms with E-state index in [9.17, 15) is 0 Å². The van der Waals surface area contributed by atoms with E-state index in [2.05, 4.69) is 29.8 Å². The van der Waals surface area contributed by atoms with E-state index < -0.39 is 0 Å². The van der Waals surface area contributed by atoms with Crippen molar-refractivity contribution in [1.29, 1.82) is 0 Å². The zero-order chi connectivity index (χ0) is 9.23. The first-order valence-corrected chi connectivity index (χ1v) is 6.53. The smallest absolute Gasteiger partial charge is 0.00314 e. The van der Waals surface area contributed by atoms with E-state index >= 15 is 0 Å². The normalized spacial score (nSPS) is 13.2. The van der Waals surface area contributed by atoms with Crippen LogP contribution in [-0.4, -0.2) is 5.33 Å². The van der Waals surface area contributed by atoms with Gasteiger partial charge in [-0.1, -0.05) is 61.9 Å². The van der Waals surface area contributed by atoms with Gasteiger partial charge < -0.3 is 0 Å². The summed E-state index contributed by atoms with van der Waals surface area (Å²) in [7, 11) is 0. The minimum atomic E-state index is 0.995. The van der Waals surface area contributed by atoms with E-state index in [4.69, 9.17) is 0 Å². The fourth-order valence-corrected chi connectivity index (χ4v) is 1.93. The molecule has 0 rings (SSSR count). The molecule has 0 aliphatic carbocycles. The number of hydrogen-bond donors (Lipinski definition) is 0. The Morgan fingerprint density at radius 2 is 1.67 bits per heavy atom. The summed E-state index contributed by atoms with van der Waals surface area (Å²) in [5.41, 5.74) is 0. The van der Waals surface area contributed by atoms with Crippen LogP contribution < -0.4 is 0 Å². The Labute approximate surface area is 86.3 Å². The second kappa shape index (κ2) is 9.57. The second-order valence-corrected chi connectivity index (χ2v) is 4.39. The van der Waals surface area contributed by atoms with Gasteiger partial charge in [-0.05, 0) is 18.8 Å². The van der Waals surface area contributed by atoms with Crippen molar-refractivity contribution in [1.82, 2.24) is 0 Å². The van der Waals surface area contributed by atoms with E-state index in [1.165, 1.54) is 50.3 Å². The molecule has 0 aromatic rings. The zero-order valence-corrected chi connectivity index (χ0v) is 10.2. The van der Waals surface area contributed by atoms with E-state index in [0.29, 0.717) is 0 Å². The van der Waals surface area contributed by atoms with Crippen LogP contribution in [0, 0.1) is 5.92 Å². The molecule has 0 bridgehead atoms. The Morgan fingerprint density at radius 1 is 1.00 bits per heavy atom. The van der Waals surface area contributed by atoms with Gasteiger partial charge in [-0.2, -0.15) is 0 Å². The molecule has 0 radical (unpaired) electrons. The highest BCUT2D eigenvalue weighted by atomic mass is 79.9. The summed E-state index contributed by atoms with van der Waals surface area (Å²) in [5.74, 6) is 0.995. The number of halogens is 1. The van der Waals surface area contributed by atoms with Crippen molar-refractivity contribution < 1.29 is 0 Å². The van der Waals surface area contributed by atoms with Gasteiger partial charge in [-0.15, -0.1) is 0 Å². The van der Waals surface area contributed by atoms with Crippen molar-refractivity contribution in [3.05, 3.63) is 0 Å². The van der Waals surface area contributed by atoms with Crippen LogP contribution in [-0.2, 0) is 0 Å². The van der Waals surface area contributed by atoms with Crippen molar-refractivity contribution in [2.24, 2.45) is 5.92 Å². The molecule has 0 amide bonds. The molecule has 74 valence electrons. The van der Waals surface area contributed by atoms with Gasteiger partial charge in [-0.25, -0.2) is 0 Å². The highest BCUT2D eigenvalue weighted by Gasteiger charge is 2.04. The second-order valence-electron chi connectivity index (χ2n) is 3.60. The lowest BCUT2D eigenvalue weighted by molar-refractivity contribution is 0.414. The molecule has 0 aliphatic heterocycles. The third-order valence-corrected chi connectivity index (χ3v) is 3.10. The van der Waals surface area contributed by atoms with E-state index in [1.807, 2.05) is 0 Å². The predicted molar refractivity (Wildman–Crippen MR) is 61.0 cm³/mol. The number of unbranched alkanes of at least 4 members (excludes halogenated alkanes) is 2. The molecule has 0 nitrogen and oxygen atoms in total. The molecule has 1 unspecified atom stereocenters. The minimum absolute atomic E-state index is 0.995. The maximum atomic E-state index is 3.49. The summed E-state index contributed by atoms with van der Waals surface area (Å²) in [4.78, 5) is 0. The van der Waals surface area contributed by atoms with Crippen LogP contribution in [0.1, 0.15) is 58.8 Å². The largest absolute Gasteiger partial charge is 0.0928 e. The molecular formula is C11H23Br. The fraction of sp³-hybridized carbons (Fsp3) is 1.00. The van der Waals surface area contributed by atoms with E-state index in [0.717, 1.165) is 5.92 Å². The van der Waals surface area contributed by atoms with Crippen molar-refractivity contribution in [2.75, 3.05) is 5.33 Å². The van der Waals surface area contributed by atoms with Crippen LogP contribution in [0.25, 0.3) is 0 Å². The van der Waals surface area contributed by atoms with Gasteiger partial charge in [0, 0.05) is 5.33 Å². The van der Waals surface area contributed by atoms with E-state index in [1.54, 1.807) is 0 Å². The van der Waals surface area contributed by atoms with Crippen LogP contribution in [0.5, 0.6) is 0 Å². The Morgan fingerprint density at radius 3 is 2.17 bits per heavy atom. The van der Waals surface area contributed by atoms with Gasteiger partial charge >= 0.3 is 0 Å². The van der Waals surface area contributed by atoms with Crippen molar-refractivity contribution in [3.63, 3.8) is 0 Å². The summed E-state index contributed by atoms with van der Waals surface area (Å²) in [5, 5.41) is 1.18. The van der Waals surface area contributed by atoms with Gasteiger partial charge in [0.15, 0.2) is 0 Å². The molecule has 0 aromatic carbocycles. The highest BCUT2D eigenvalue weighted by Crippen LogP contribution is 2.19. The lowest BCUT2D eigenvalue weighted by atomic mass is 9.94. The van der Waals surface area contributed by atoms with Crippen molar-refractivity contribution >= 4 is 15.9 Å². The van der Waals surface area contributed by atoms with E-state index in [-0.39, 0.29) is 0 Å². The first kappa shape index (κ1) is 12.5. The summed E-state index contributed by atoms with van der Waals surface area (Å²) in [6, 6.07) is 0. The Bertz CT molecular complexity index is 81.1. The van der Waals surface area contributed by atoms with Crippen LogP contribution in [0.2, 0.25) is 0 Å². The van der Waals surface area contributed by atoms with Gasteiger partial charge in [0.25, 0.3) is 0 Å². The Kier molecular flexibility index (Phi) is 9.95. The maximum Gasteiger partial charge on any atom is 0.00314 e. The summed E-state index contributed by atoms with van der Waals surface area (Å²) >= 11 is 3.49. The highest BCUT2D eigenvalue weighted by molar-refractivity contribution is 9.09. The maximum absolute atomic E-state index is 3.49. The predicted octanol–water partition coefficient (Wildman–Crippen LogP) is 4.77. The monoisotopic (exact) mass is 234 g/mol. The molecular weight excluding hydrogens is 212 g/mol. The average Bonchev–Trinajstić information content (AvgIpc) is 2.11. The molecule has 0 N–H and O–H groups in total. The summed E-state index contributed by atoms with van der Waals surface area (Å²) in [6.45, 7) is 4.60. The number of alkyl halides is 1. The van der Waals surface area contributed by atoms with Crippen molar-refractivity contribution in [2.45, 2.75) is 58.8 Å². The molecule has 0 saturated heterocycles. The Hall–Kier alpha value is 0.480. The SMILES string of the molecule is CCCCCC(CC)CCCBr. The van der Waals surface area contributed by atoms with Gasteiger partial charge in [0.2, 0.25) is 0 Å². The van der Waals surface area contributed by atoms with Gasteiger partial charge in [-0.3, -0.25) is 0 Å². The molecule has 0 saturated carbocycles. The number of rotatable bonds is 8. The third kappa shape index (κ3) is 7.15. The summed E-state index contributed by atoms with van der Waals surface area (Å²) < 4.78 is 0. The van der Waals surface area contributed by atoms with Gasteiger partial charge in [0.05, 0.1) is 0 Å². The quantitative estimate of drug-likeness (QED) is 0.420. The van der Waals surface area contributed by atoms with Gasteiger partial charge in [0.1, 0.15) is 0 Å². The van der Waals surface area contributed by atoms with Crippen LogP contribution in [0.4, 0.5) is 0 Å². The molecule has 0 aromatic heterocycles. The molecule has 0 aliphatic rings. The molecule has 12 heavy (non-hydrogen) atoms. The standard InChI is InChI=1S/C11H23Br/c1-3-5-6-8-11(4-2)9-7-10-12/h11H,3-10H2,1-2H3. The molecule has 1 atom stereocenters. The van der Waals surface area contributed by atoms with Crippen molar-refractivity contribution in [3.8, 4) is 0 Å². The molecule has 0 spiro atoms. The average molecular weight is 235 g/mol. The lowest BCUT2D eigenvalue weighted by Gasteiger charge is -2.13. The zero-order valence-electron chi connectivity index (χ0n) is 8.61. The lowest BCUT2D eigenvalue weighted by Crippen LogP contribution is -1.99. The number of hydrogen-bond acceptors (Lipinski definition) is 0. The Balaban J connectivity index is 3.26. The topological polar surface area (TPSA) is 0 Å². The van der Waals surface area contributed by atoms with Crippen LogP contribution >= 0.6 is 15.9 Å². The molecule has 0 fully saturated rings. The molecule has 0 heterocycles. The first-order valence-electron chi connectivity index (χ1n) is 5.41. The summed E-state index contributed by atoms with van der Waals surface area (Å²) in [6.07, 6.45) is 9.82. The first-order chi connectivity index (χ1) is 5.85. The minimum Gasteiger partial charge on any atom is -0.0928 e. The third-order valence-electron chi connectivity index (χ3n) is 2.54. The molecule has 1 heteroatoms. The fourth-order valence-electron chi connectivity index (χ4n) is 1.60. The van der Waals surface area contributed by atoms with Crippen LogP contribution in [0.15, 0.2) is 0 Å². The van der Waals surface area contributed by atoms with Crippen LogP contribution in [0.3, 0.4) is 0 Å².